The fourth-order valence-electron chi connectivity index (χ4n) is 2.33. The summed E-state index contributed by atoms with van der Waals surface area (Å²) < 4.78 is 9.92. The number of carbonyl (C=O) groups is 2. The molecule has 1 atom stereocenters. The molecule has 0 aliphatic carbocycles. The van der Waals surface area contributed by atoms with Crippen molar-refractivity contribution < 1.29 is 18.7 Å². The third kappa shape index (κ3) is 4.36. The van der Waals surface area contributed by atoms with Crippen LogP contribution in [0.5, 0.6) is 0 Å². The van der Waals surface area contributed by atoms with Gasteiger partial charge in [0.05, 0.1) is 12.3 Å². The highest BCUT2D eigenvalue weighted by atomic mass is 32.1. The predicted octanol–water partition coefficient (Wildman–Crippen LogP) is 3.71. The molecule has 128 valence electrons. The van der Waals surface area contributed by atoms with E-state index < -0.39 is 5.97 Å². The minimum Gasteiger partial charge on any atom is -0.457 e. The Bertz CT molecular complexity index is 823. The highest BCUT2D eigenvalue weighted by Crippen LogP contribution is 2.26. The van der Waals surface area contributed by atoms with Gasteiger partial charge in [-0.15, -0.1) is 11.3 Å². The van der Waals surface area contributed by atoms with E-state index in [4.69, 9.17) is 9.15 Å². The average Bonchev–Trinajstić information content (AvgIpc) is 3.31. The summed E-state index contributed by atoms with van der Waals surface area (Å²) in [6.07, 6.45) is 1.38. The first kappa shape index (κ1) is 17.0. The van der Waals surface area contributed by atoms with Gasteiger partial charge in [-0.05, 0) is 36.1 Å². The van der Waals surface area contributed by atoms with Crippen molar-refractivity contribution in [2.45, 2.75) is 13.0 Å². The Labute approximate surface area is 149 Å². The van der Waals surface area contributed by atoms with Crippen LogP contribution in [0.15, 0.2) is 64.6 Å². The molecule has 3 rings (SSSR count). The van der Waals surface area contributed by atoms with Gasteiger partial charge < -0.3 is 14.5 Å². The number of amides is 1. The standard InChI is InChI=1S/C19H17NO4S/c1-13-6-8-14(9-7-13)18(16-5-3-11-25-16)20-17(21)12-24-19(22)15-4-2-10-23-15/h2-11,18H,12H2,1H3,(H,20,21). The molecule has 1 amide bonds. The third-order valence-corrected chi connectivity index (χ3v) is 4.54. The van der Waals surface area contributed by atoms with Crippen molar-refractivity contribution >= 4 is 23.2 Å². The van der Waals surface area contributed by atoms with Crippen LogP contribution in [0.3, 0.4) is 0 Å². The smallest absolute Gasteiger partial charge is 0.374 e. The number of benzene rings is 1. The summed E-state index contributed by atoms with van der Waals surface area (Å²) in [5, 5.41) is 4.88. The van der Waals surface area contributed by atoms with Gasteiger partial charge in [0.15, 0.2) is 6.61 Å². The molecule has 1 unspecified atom stereocenters. The summed E-state index contributed by atoms with van der Waals surface area (Å²) in [6, 6.07) is 14.6. The summed E-state index contributed by atoms with van der Waals surface area (Å²) in [6.45, 7) is 1.64. The Morgan fingerprint density at radius 2 is 1.96 bits per heavy atom. The van der Waals surface area contributed by atoms with Gasteiger partial charge in [0, 0.05) is 4.88 Å². The Morgan fingerprint density at radius 3 is 2.60 bits per heavy atom. The maximum absolute atomic E-state index is 12.2. The second kappa shape index (κ2) is 7.81. The Morgan fingerprint density at radius 1 is 1.16 bits per heavy atom. The highest BCUT2D eigenvalue weighted by Gasteiger charge is 2.19. The molecule has 0 saturated heterocycles. The molecule has 2 aromatic heterocycles. The van der Waals surface area contributed by atoms with Crippen molar-refractivity contribution in [2.24, 2.45) is 0 Å². The molecular weight excluding hydrogens is 338 g/mol. The summed E-state index contributed by atoms with van der Waals surface area (Å²) in [4.78, 5) is 25.0. The minimum atomic E-state index is -0.664. The van der Waals surface area contributed by atoms with E-state index >= 15 is 0 Å². The van der Waals surface area contributed by atoms with E-state index in [-0.39, 0.29) is 24.3 Å². The first-order valence-electron chi connectivity index (χ1n) is 7.73. The molecule has 0 bridgehead atoms. The van der Waals surface area contributed by atoms with E-state index in [1.165, 1.54) is 12.3 Å². The van der Waals surface area contributed by atoms with E-state index in [1.807, 2.05) is 48.7 Å². The van der Waals surface area contributed by atoms with Crippen LogP contribution in [0.4, 0.5) is 0 Å². The van der Waals surface area contributed by atoms with Gasteiger partial charge in [0.25, 0.3) is 5.91 Å². The number of aryl methyl sites for hydroxylation is 1. The number of ether oxygens (including phenoxy) is 1. The third-order valence-electron chi connectivity index (χ3n) is 3.60. The molecule has 0 aliphatic heterocycles. The van der Waals surface area contributed by atoms with Gasteiger partial charge >= 0.3 is 5.97 Å². The van der Waals surface area contributed by atoms with Crippen LogP contribution in [-0.4, -0.2) is 18.5 Å². The first-order valence-corrected chi connectivity index (χ1v) is 8.61. The first-order chi connectivity index (χ1) is 12.1. The van der Waals surface area contributed by atoms with E-state index in [0.29, 0.717) is 0 Å². The average molecular weight is 355 g/mol. The second-order valence-electron chi connectivity index (χ2n) is 5.48. The number of hydrogen-bond donors (Lipinski definition) is 1. The monoisotopic (exact) mass is 355 g/mol. The van der Waals surface area contributed by atoms with Crippen molar-refractivity contribution in [1.29, 1.82) is 0 Å². The van der Waals surface area contributed by atoms with Crippen molar-refractivity contribution in [3.05, 3.63) is 81.9 Å². The number of thiophene rings is 1. The van der Waals surface area contributed by atoms with Crippen LogP contribution in [0.25, 0.3) is 0 Å². The fraction of sp³-hybridized carbons (Fsp3) is 0.158. The zero-order valence-electron chi connectivity index (χ0n) is 13.6. The number of furan rings is 1. The molecule has 2 heterocycles. The minimum absolute atomic E-state index is 0.0705. The molecule has 3 aromatic rings. The maximum Gasteiger partial charge on any atom is 0.374 e. The summed E-state index contributed by atoms with van der Waals surface area (Å²) in [5.41, 5.74) is 2.12. The normalized spacial score (nSPS) is 11.7. The van der Waals surface area contributed by atoms with Crippen molar-refractivity contribution in [2.75, 3.05) is 6.61 Å². The molecular formula is C19H17NO4S. The fourth-order valence-corrected chi connectivity index (χ4v) is 3.14. The molecule has 0 spiro atoms. The van der Waals surface area contributed by atoms with Crippen LogP contribution >= 0.6 is 11.3 Å². The largest absolute Gasteiger partial charge is 0.457 e. The molecule has 25 heavy (non-hydrogen) atoms. The van der Waals surface area contributed by atoms with Crippen LogP contribution < -0.4 is 5.32 Å². The number of carbonyl (C=O) groups excluding carboxylic acids is 2. The lowest BCUT2D eigenvalue weighted by atomic mass is 10.0. The maximum atomic E-state index is 12.2. The van der Waals surface area contributed by atoms with E-state index in [2.05, 4.69) is 5.32 Å². The SMILES string of the molecule is Cc1ccc(C(NC(=O)COC(=O)c2ccco2)c2cccs2)cc1. The molecule has 0 fully saturated rings. The second-order valence-corrected chi connectivity index (χ2v) is 6.46. The zero-order chi connectivity index (χ0) is 17.6. The predicted molar refractivity (Wildman–Crippen MR) is 94.5 cm³/mol. The quantitative estimate of drug-likeness (QED) is 0.685. The van der Waals surface area contributed by atoms with Crippen LogP contribution in [-0.2, 0) is 9.53 Å². The van der Waals surface area contributed by atoms with Gasteiger partial charge in [0.1, 0.15) is 0 Å². The molecule has 6 heteroatoms. The van der Waals surface area contributed by atoms with Crippen molar-refractivity contribution in [3.8, 4) is 0 Å². The molecule has 0 radical (unpaired) electrons. The van der Waals surface area contributed by atoms with Crippen LogP contribution in [0.1, 0.15) is 32.6 Å². The zero-order valence-corrected chi connectivity index (χ0v) is 14.4. The molecule has 1 aromatic carbocycles. The molecule has 5 nitrogen and oxygen atoms in total. The summed E-state index contributed by atoms with van der Waals surface area (Å²) in [7, 11) is 0. The van der Waals surface area contributed by atoms with E-state index in [0.717, 1.165) is 16.0 Å². The van der Waals surface area contributed by atoms with E-state index in [1.54, 1.807) is 17.4 Å². The molecule has 0 saturated carbocycles. The Balaban J connectivity index is 1.67. The summed E-state index contributed by atoms with van der Waals surface area (Å²) in [5.74, 6) is -0.969. The van der Waals surface area contributed by atoms with Gasteiger partial charge in [-0.2, -0.15) is 0 Å². The molecule has 1 N–H and O–H groups in total. The Hall–Kier alpha value is -2.86. The van der Waals surface area contributed by atoms with Gasteiger partial charge in [-0.1, -0.05) is 35.9 Å². The van der Waals surface area contributed by atoms with E-state index in [9.17, 15) is 9.59 Å². The summed E-state index contributed by atoms with van der Waals surface area (Å²) >= 11 is 1.56. The van der Waals surface area contributed by atoms with Crippen molar-refractivity contribution in [1.82, 2.24) is 5.32 Å². The molecule has 0 aliphatic rings. The van der Waals surface area contributed by atoms with Gasteiger partial charge in [-0.3, -0.25) is 4.79 Å². The lowest BCUT2D eigenvalue weighted by molar-refractivity contribution is -0.124. The van der Waals surface area contributed by atoms with Crippen LogP contribution in [0, 0.1) is 6.92 Å². The number of esters is 1. The highest BCUT2D eigenvalue weighted by molar-refractivity contribution is 7.10. The number of rotatable bonds is 6. The topological polar surface area (TPSA) is 68.5 Å². The van der Waals surface area contributed by atoms with Crippen molar-refractivity contribution in [3.63, 3.8) is 0 Å². The van der Waals surface area contributed by atoms with Gasteiger partial charge in [-0.25, -0.2) is 4.79 Å². The Kier molecular flexibility index (Phi) is 5.30. The van der Waals surface area contributed by atoms with Gasteiger partial charge in [0.2, 0.25) is 5.76 Å². The number of nitrogens with one attached hydrogen (secondary N) is 1. The number of hydrogen-bond acceptors (Lipinski definition) is 5. The van der Waals surface area contributed by atoms with Crippen LogP contribution in [0.2, 0.25) is 0 Å². The lowest BCUT2D eigenvalue weighted by Gasteiger charge is -2.18. The lowest BCUT2D eigenvalue weighted by Crippen LogP contribution is -2.32.